The molecule has 1 heterocycles. The summed E-state index contributed by atoms with van der Waals surface area (Å²) < 4.78 is 6.96. The van der Waals surface area contributed by atoms with E-state index in [0.29, 0.717) is 15.9 Å². The maximum Gasteiger partial charge on any atom is 0.313 e. The first-order valence-electron chi connectivity index (χ1n) is 6.70. The van der Waals surface area contributed by atoms with Gasteiger partial charge in [-0.05, 0) is 31.5 Å². The summed E-state index contributed by atoms with van der Waals surface area (Å²) in [7, 11) is 0. The zero-order chi connectivity index (χ0) is 16.3. The molecule has 1 aromatic carbocycles. The molecular formula is C15H15Cl3N2O2. The van der Waals surface area contributed by atoms with Gasteiger partial charge in [-0.3, -0.25) is 4.79 Å². The second-order valence-corrected chi connectivity index (χ2v) is 6.02. The van der Waals surface area contributed by atoms with Gasteiger partial charge in [0.1, 0.15) is 0 Å². The third-order valence-electron chi connectivity index (χ3n) is 3.13. The first-order valence-corrected chi connectivity index (χ1v) is 7.99. The van der Waals surface area contributed by atoms with Crippen molar-refractivity contribution in [1.82, 2.24) is 9.78 Å². The summed E-state index contributed by atoms with van der Waals surface area (Å²) in [5, 5.41) is 5.34. The van der Waals surface area contributed by atoms with E-state index in [9.17, 15) is 4.79 Å². The van der Waals surface area contributed by atoms with Crippen molar-refractivity contribution in [3.05, 3.63) is 45.6 Å². The van der Waals surface area contributed by atoms with Crippen LogP contribution in [0.3, 0.4) is 0 Å². The fourth-order valence-electron chi connectivity index (χ4n) is 2.00. The lowest BCUT2D eigenvalue weighted by atomic mass is 10.1. The number of rotatable bonds is 5. The number of carbonyl (C=O) groups is 1. The van der Waals surface area contributed by atoms with Crippen LogP contribution in [0.25, 0.3) is 0 Å². The predicted octanol–water partition coefficient (Wildman–Crippen LogP) is 4.64. The van der Waals surface area contributed by atoms with E-state index >= 15 is 0 Å². The highest BCUT2D eigenvalue weighted by molar-refractivity contribution is 6.42. The van der Waals surface area contributed by atoms with Crippen LogP contribution in [0.2, 0.25) is 10.0 Å². The molecule has 1 unspecified atom stereocenters. The van der Waals surface area contributed by atoms with Gasteiger partial charge >= 0.3 is 5.97 Å². The van der Waals surface area contributed by atoms with Crippen LogP contribution in [0, 0.1) is 6.92 Å². The van der Waals surface area contributed by atoms with Crippen molar-refractivity contribution in [3.8, 4) is 5.88 Å². The van der Waals surface area contributed by atoms with E-state index in [-0.39, 0.29) is 18.3 Å². The Morgan fingerprint density at radius 1 is 1.32 bits per heavy atom. The Morgan fingerprint density at radius 3 is 2.68 bits per heavy atom. The first-order chi connectivity index (χ1) is 10.4. The molecule has 0 saturated carbocycles. The Balaban J connectivity index is 2.30. The van der Waals surface area contributed by atoms with Gasteiger partial charge < -0.3 is 4.74 Å². The van der Waals surface area contributed by atoms with E-state index in [1.165, 1.54) is 0 Å². The van der Waals surface area contributed by atoms with Crippen LogP contribution in [0.5, 0.6) is 5.88 Å². The summed E-state index contributed by atoms with van der Waals surface area (Å²) in [6.07, 6.45) is 0.146. The summed E-state index contributed by atoms with van der Waals surface area (Å²) >= 11 is 17.5. The van der Waals surface area contributed by atoms with Crippen LogP contribution in [0.1, 0.15) is 30.6 Å². The van der Waals surface area contributed by atoms with Gasteiger partial charge in [0.2, 0.25) is 5.88 Å². The number of ether oxygens (including phenoxy) is 1. The van der Waals surface area contributed by atoms with E-state index in [0.717, 1.165) is 11.3 Å². The Labute approximate surface area is 143 Å². The van der Waals surface area contributed by atoms with Gasteiger partial charge in [-0.25, -0.2) is 4.68 Å². The molecule has 7 heteroatoms. The third-order valence-corrected chi connectivity index (χ3v) is 4.06. The quantitative estimate of drug-likeness (QED) is 0.575. The number of alkyl halides is 1. The zero-order valence-electron chi connectivity index (χ0n) is 12.1. The summed E-state index contributed by atoms with van der Waals surface area (Å²) in [4.78, 5) is 11.6. The van der Waals surface area contributed by atoms with Gasteiger partial charge in [-0.15, -0.1) is 11.6 Å². The van der Waals surface area contributed by atoms with E-state index in [4.69, 9.17) is 39.5 Å². The number of hydrogen-bond donors (Lipinski definition) is 0. The van der Waals surface area contributed by atoms with Gasteiger partial charge in [0.25, 0.3) is 0 Å². The monoisotopic (exact) mass is 360 g/mol. The molecule has 118 valence electrons. The van der Waals surface area contributed by atoms with Crippen molar-refractivity contribution in [1.29, 1.82) is 0 Å². The van der Waals surface area contributed by atoms with Crippen molar-refractivity contribution in [2.45, 2.75) is 26.3 Å². The van der Waals surface area contributed by atoms with E-state index in [1.807, 2.05) is 19.9 Å². The lowest BCUT2D eigenvalue weighted by Crippen LogP contribution is -2.15. The van der Waals surface area contributed by atoms with E-state index < -0.39 is 5.97 Å². The molecular weight excluding hydrogens is 347 g/mol. The van der Waals surface area contributed by atoms with Gasteiger partial charge in [-0.1, -0.05) is 29.3 Å². The normalized spacial score (nSPS) is 12.2. The average molecular weight is 362 g/mol. The maximum absolute atomic E-state index is 11.6. The van der Waals surface area contributed by atoms with Gasteiger partial charge in [-0.2, -0.15) is 5.10 Å². The van der Waals surface area contributed by atoms with Crippen molar-refractivity contribution in [2.24, 2.45) is 0 Å². The number of esters is 1. The number of hydrogen-bond acceptors (Lipinski definition) is 3. The summed E-state index contributed by atoms with van der Waals surface area (Å²) in [5.41, 5.74) is 1.66. The minimum Gasteiger partial charge on any atom is -0.408 e. The van der Waals surface area contributed by atoms with Gasteiger partial charge in [0, 0.05) is 11.9 Å². The number of benzene rings is 1. The Morgan fingerprint density at radius 2 is 2.05 bits per heavy atom. The molecule has 0 amide bonds. The lowest BCUT2D eigenvalue weighted by Gasteiger charge is -2.16. The molecule has 1 atom stereocenters. The Kier molecular flexibility index (Phi) is 5.73. The molecule has 0 bridgehead atoms. The number of aryl methyl sites for hydroxylation is 1. The van der Waals surface area contributed by atoms with E-state index in [2.05, 4.69) is 5.10 Å². The van der Waals surface area contributed by atoms with Crippen LogP contribution in [0.4, 0.5) is 0 Å². The van der Waals surface area contributed by atoms with Crippen LogP contribution in [-0.2, 0) is 4.79 Å². The Bertz CT molecular complexity index is 685. The third kappa shape index (κ3) is 3.94. The van der Waals surface area contributed by atoms with Crippen LogP contribution < -0.4 is 4.74 Å². The minimum atomic E-state index is -0.391. The van der Waals surface area contributed by atoms with Gasteiger partial charge in [0.15, 0.2) is 0 Å². The van der Waals surface area contributed by atoms with Crippen molar-refractivity contribution >= 4 is 40.8 Å². The first kappa shape index (κ1) is 17.1. The van der Waals surface area contributed by atoms with Crippen LogP contribution in [-0.4, -0.2) is 21.6 Å². The number of aromatic nitrogens is 2. The highest BCUT2D eigenvalue weighted by Crippen LogP contribution is 2.29. The molecule has 0 N–H and O–H groups in total. The molecule has 2 aromatic rings. The number of nitrogens with zero attached hydrogens (tertiary/aromatic N) is 2. The molecule has 0 aliphatic heterocycles. The Hall–Kier alpha value is -1.23. The fourth-order valence-corrected chi connectivity index (χ4v) is 2.47. The molecule has 22 heavy (non-hydrogen) atoms. The minimum absolute atomic E-state index is 0.146. The molecule has 0 aliphatic carbocycles. The SMILES string of the molecule is Cc1cc(OC(=O)CCCl)n(C(C)c2ccc(Cl)c(Cl)c2)n1. The standard InChI is InChI=1S/C15H15Cl3N2O2/c1-9-7-14(22-15(21)5-6-16)20(19-9)10(2)11-3-4-12(17)13(18)8-11/h3-4,7-8,10H,5-6H2,1-2H3. The molecule has 0 saturated heterocycles. The molecule has 0 aliphatic rings. The average Bonchev–Trinajstić information content (AvgIpc) is 2.82. The van der Waals surface area contributed by atoms with Crippen molar-refractivity contribution in [2.75, 3.05) is 5.88 Å². The lowest BCUT2D eigenvalue weighted by molar-refractivity contribution is -0.134. The summed E-state index contributed by atoms with van der Waals surface area (Å²) in [6, 6.07) is 6.91. The van der Waals surface area contributed by atoms with Gasteiger partial charge in [0.05, 0.1) is 28.2 Å². The van der Waals surface area contributed by atoms with Crippen molar-refractivity contribution in [3.63, 3.8) is 0 Å². The van der Waals surface area contributed by atoms with Crippen LogP contribution in [0.15, 0.2) is 24.3 Å². The summed E-state index contributed by atoms with van der Waals surface area (Å²) in [6.45, 7) is 3.77. The van der Waals surface area contributed by atoms with E-state index in [1.54, 1.807) is 22.9 Å². The molecule has 1 aromatic heterocycles. The number of halogens is 3. The molecule has 0 fully saturated rings. The predicted molar refractivity (Wildman–Crippen MR) is 88.2 cm³/mol. The maximum atomic E-state index is 11.6. The largest absolute Gasteiger partial charge is 0.408 e. The topological polar surface area (TPSA) is 44.1 Å². The highest BCUT2D eigenvalue weighted by Gasteiger charge is 2.18. The second kappa shape index (κ2) is 7.36. The zero-order valence-corrected chi connectivity index (χ0v) is 14.4. The smallest absolute Gasteiger partial charge is 0.313 e. The fraction of sp³-hybridized carbons (Fsp3) is 0.333. The highest BCUT2D eigenvalue weighted by atomic mass is 35.5. The van der Waals surface area contributed by atoms with Crippen molar-refractivity contribution < 1.29 is 9.53 Å². The van der Waals surface area contributed by atoms with Crippen LogP contribution >= 0.6 is 34.8 Å². The molecule has 2 rings (SSSR count). The number of carbonyl (C=O) groups excluding carboxylic acids is 1. The summed E-state index contributed by atoms with van der Waals surface area (Å²) in [5.74, 6) is 0.206. The molecule has 0 spiro atoms. The molecule has 0 radical (unpaired) electrons. The molecule has 4 nitrogen and oxygen atoms in total. The second-order valence-electron chi connectivity index (χ2n) is 4.83.